The molecule has 0 fully saturated rings. The second-order valence-corrected chi connectivity index (χ2v) is 5.87. The molecule has 0 aliphatic rings. The molecule has 0 saturated heterocycles. The summed E-state index contributed by atoms with van der Waals surface area (Å²) in [4.78, 5) is 0. The molecule has 96 valence electrons. The van der Waals surface area contributed by atoms with Crippen LogP contribution in [0.25, 0.3) is 11.3 Å². The van der Waals surface area contributed by atoms with E-state index >= 15 is 0 Å². The molecule has 2 N–H and O–H groups in total. The highest BCUT2D eigenvalue weighted by molar-refractivity contribution is 9.10. The van der Waals surface area contributed by atoms with Gasteiger partial charge in [0.05, 0.1) is 10.7 Å². The third kappa shape index (κ3) is 2.27. The molecule has 0 bridgehead atoms. The molecule has 0 aliphatic carbocycles. The van der Waals surface area contributed by atoms with Crippen molar-refractivity contribution < 1.29 is 0 Å². The number of hydrogen-bond donors (Lipinski definition) is 1. The van der Waals surface area contributed by atoms with Crippen LogP contribution < -0.4 is 5.73 Å². The summed E-state index contributed by atoms with van der Waals surface area (Å²) >= 11 is 9.71. The van der Waals surface area contributed by atoms with Crippen molar-refractivity contribution >= 4 is 33.3 Å². The Balaban J connectivity index is 2.71. The van der Waals surface area contributed by atoms with E-state index in [2.05, 4.69) is 34.9 Å². The minimum absolute atomic E-state index is 0.295. The summed E-state index contributed by atoms with van der Waals surface area (Å²) in [6.45, 7) is 4.20. The van der Waals surface area contributed by atoms with Crippen LogP contribution >= 0.6 is 27.5 Å². The Morgan fingerprint density at radius 1 is 1.39 bits per heavy atom. The van der Waals surface area contributed by atoms with E-state index in [0.29, 0.717) is 16.8 Å². The number of nitrogens with two attached hydrogens (primary N) is 1. The van der Waals surface area contributed by atoms with E-state index in [-0.39, 0.29) is 0 Å². The highest BCUT2D eigenvalue weighted by atomic mass is 79.9. The van der Waals surface area contributed by atoms with Crippen molar-refractivity contribution in [2.45, 2.75) is 19.8 Å². The van der Waals surface area contributed by atoms with Gasteiger partial charge in [0.2, 0.25) is 0 Å². The quantitative estimate of drug-likeness (QED) is 0.897. The zero-order valence-electron chi connectivity index (χ0n) is 10.5. The molecule has 0 amide bonds. The lowest BCUT2D eigenvalue weighted by Crippen LogP contribution is -2.00. The SMILES string of the molecule is CC(C)c1c(-c2cc(Br)ccc2Cl)nn(C)c1N. The summed E-state index contributed by atoms with van der Waals surface area (Å²) in [6, 6.07) is 5.74. The van der Waals surface area contributed by atoms with Gasteiger partial charge in [-0.2, -0.15) is 5.10 Å². The molecule has 0 atom stereocenters. The highest BCUT2D eigenvalue weighted by Crippen LogP contribution is 2.37. The average molecular weight is 329 g/mol. The first kappa shape index (κ1) is 13.4. The number of rotatable bonds is 2. The van der Waals surface area contributed by atoms with E-state index in [4.69, 9.17) is 17.3 Å². The average Bonchev–Trinajstić information content (AvgIpc) is 2.59. The largest absolute Gasteiger partial charge is 0.384 e. The van der Waals surface area contributed by atoms with Gasteiger partial charge < -0.3 is 5.73 Å². The maximum Gasteiger partial charge on any atom is 0.125 e. The zero-order valence-corrected chi connectivity index (χ0v) is 12.9. The first-order valence-electron chi connectivity index (χ1n) is 5.69. The summed E-state index contributed by atoms with van der Waals surface area (Å²) in [5.41, 5.74) is 8.88. The zero-order chi connectivity index (χ0) is 13.4. The molecular weight excluding hydrogens is 314 g/mol. The number of aryl methyl sites for hydroxylation is 1. The third-order valence-corrected chi connectivity index (χ3v) is 3.71. The number of halogens is 2. The van der Waals surface area contributed by atoms with E-state index in [9.17, 15) is 0 Å². The minimum Gasteiger partial charge on any atom is -0.384 e. The fourth-order valence-corrected chi connectivity index (χ4v) is 2.57. The van der Waals surface area contributed by atoms with Crippen molar-refractivity contribution in [3.8, 4) is 11.3 Å². The van der Waals surface area contributed by atoms with Gasteiger partial charge in [0.25, 0.3) is 0 Å². The summed E-state index contributed by atoms with van der Waals surface area (Å²) in [6.07, 6.45) is 0. The van der Waals surface area contributed by atoms with Gasteiger partial charge in [-0.05, 0) is 24.1 Å². The molecule has 1 heterocycles. The van der Waals surface area contributed by atoms with Crippen molar-refractivity contribution in [1.82, 2.24) is 9.78 Å². The van der Waals surface area contributed by atoms with Crippen molar-refractivity contribution in [1.29, 1.82) is 0 Å². The predicted octanol–water partition coefficient (Wildman–Crippen LogP) is 4.21. The fraction of sp³-hybridized carbons (Fsp3) is 0.308. The molecule has 0 saturated carbocycles. The lowest BCUT2D eigenvalue weighted by atomic mass is 9.98. The lowest BCUT2D eigenvalue weighted by Gasteiger charge is -2.08. The minimum atomic E-state index is 0.295. The van der Waals surface area contributed by atoms with Gasteiger partial charge in [-0.15, -0.1) is 0 Å². The van der Waals surface area contributed by atoms with Gasteiger partial charge in [0, 0.05) is 22.6 Å². The van der Waals surface area contributed by atoms with Crippen LogP contribution in [0.2, 0.25) is 5.02 Å². The number of aromatic nitrogens is 2. The summed E-state index contributed by atoms with van der Waals surface area (Å²) in [5.74, 6) is 0.986. The topological polar surface area (TPSA) is 43.8 Å². The van der Waals surface area contributed by atoms with E-state index in [1.165, 1.54) is 0 Å². The first-order valence-corrected chi connectivity index (χ1v) is 6.86. The Morgan fingerprint density at radius 3 is 2.67 bits per heavy atom. The molecule has 3 nitrogen and oxygen atoms in total. The van der Waals surface area contributed by atoms with Crippen LogP contribution in [-0.2, 0) is 7.05 Å². The van der Waals surface area contributed by atoms with E-state index in [1.54, 1.807) is 4.68 Å². The van der Waals surface area contributed by atoms with Crippen molar-refractivity contribution in [3.63, 3.8) is 0 Å². The van der Waals surface area contributed by atoms with Gasteiger partial charge >= 0.3 is 0 Å². The standard InChI is InChI=1S/C13H15BrClN3/c1-7(2)11-12(17-18(3)13(11)16)9-6-8(14)4-5-10(9)15/h4-7H,16H2,1-3H3. The van der Waals surface area contributed by atoms with Crippen LogP contribution in [0, 0.1) is 0 Å². The fourth-order valence-electron chi connectivity index (χ4n) is 2.00. The Morgan fingerprint density at radius 2 is 2.06 bits per heavy atom. The summed E-state index contributed by atoms with van der Waals surface area (Å²) in [5, 5.41) is 5.17. The number of anilines is 1. The number of benzene rings is 1. The van der Waals surface area contributed by atoms with Crippen LogP contribution in [0.15, 0.2) is 22.7 Å². The second kappa shape index (κ2) is 4.94. The molecule has 1 aromatic heterocycles. The molecule has 2 rings (SSSR count). The molecular formula is C13H15BrClN3. The predicted molar refractivity (Wildman–Crippen MR) is 79.9 cm³/mol. The smallest absolute Gasteiger partial charge is 0.125 e. The van der Waals surface area contributed by atoms with Gasteiger partial charge in [-0.25, -0.2) is 0 Å². The molecule has 1 aromatic carbocycles. The Kier molecular flexibility index (Phi) is 3.69. The maximum absolute atomic E-state index is 6.26. The third-order valence-electron chi connectivity index (χ3n) is 2.89. The molecule has 0 radical (unpaired) electrons. The first-order chi connectivity index (χ1) is 8.41. The van der Waals surface area contributed by atoms with E-state index in [1.807, 2.05) is 25.2 Å². The maximum atomic E-state index is 6.26. The Labute approximate surface area is 120 Å². The van der Waals surface area contributed by atoms with Gasteiger partial charge in [0.1, 0.15) is 5.82 Å². The second-order valence-electron chi connectivity index (χ2n) is 4.55. The van der Waals surface area contributed by atoms with Crippen LogP contribution in [0.1, 0.15) is 25.3 Å². The summed E-state index contributed by atoms with van der Waals surface area (Å²) in [7, 11) is 1.84. The van der Waals surface area contributed by atoms with Crippen LogP contribution in [0.4, 0.5) is 5.82 Å². The molecule has 0 spiro atoms. The van der Waals surface area contributed by atoms with E-state index < -0.39 is 0 Å². The van der Waals surface area contributed by atoms with Gasteiger partial charge in [-0.3, -0.25) is 4.68 Å². The van der Waals surface area contributed by atoms with Gasteiger partial charge in [-0.1, -0.05) is 41.4 Å². The van der Waals surface area contributed by atoms with Crippen molar-refractivity contribution in [3.05, 3.63) is 33.3 Å². The molecule has 18 heavy (non-hydrogen) atoms. The monoisotopic (exact) mass is 327 g/mol. The number of nitrogen functional groups attached to an aromatic ring is 1. The molecule has 5 heteroatoms. The van der Waals surface area contributed by atoms with E-state index in [0.717, 1.165) is 21.3 Å². The molecule has 2 aromatic rings. The van der Waals surface area contributed by atoms with Crippen molar-refractivity contribution in [2.75, 3.05) is 5.73 Å². The van der Waals surface area contributed by atoms with Crippen LogP contribution in [0.3, 0.4) is 0 Å². The Hall–Kier alpha value is -1.00. The lowest BCUT2D eigenvalue weighted by molar-refractivity contribution is 0.780. The van der Waals surface area contributed by atoms with Gasteiger partial charge in [0.15, 0.2) is 0 Å². The highest BCUT2D eigenvalue weighted by Gasteiger charge is 2.20. The van der Waals surface area contributed by atoms with Crippen LogP contribution in [0.5, 0.6) is 0 Å². The van der Waals surface area contributed by atoms with Crippen molar-refractivity contribution in [2.24, 2.45) is 7.05 Å². The molecule has 0 unspecified atom stereocenters. The molecule has 0 aliphatic heterocycles. The Bertz CT molecular complexity index is 590. The number of hydrogen-bond acceptors (Lipinski definition) is 2. The number of nitrogens with zero attached hydrogens (tertiary/aromatic N) is 2. The normalized spacial score (nSPS) is 11.2. The van der Waals surface area contributed by atoms with Crippen LogP contribution in [-0.4, -0.2) is 9.78 Å². The summed E-state index contributed by atoms with van der Waals surface area (Å²) < 4.78 is 2.67.